The number of hydrogen-bond acceptors (Lipinski definition) is 7. The molecule has 330 valence electrons. The van der Waals surface area contributed by atoms with Crippen molar-refractivity contribution < 1.29 is 49.9 Å². The van der Waals surface area contributed by atoms with E-state index in [1.54, 1.807) is 0 Å². The van der Waals surface area contributed by atoms with Crippen LogP contribution in [0.1, 0.15) is 111 Å². The lowest BCUT2D eigenvalue weighted by Crippen LogP contribution is -2.98. The minimum atomic E-state index is -1.96. The monoisotopic (exact) mass is 826 g/mol. The van der Waals surface area contributed by atoms with Gasteiger partial charge in [-0.15, -0.1) is 0 Å². The van der Waals surface area contributed by atoms with E-state index in [0.717, 1.165) is 76.7 Å². The fourth-order valence-corrected chi connectivity index (χ4v) is 11.8. The first-order chi connectivity index (χ1) is 28.4. The van der Waals surface area contributed by atoms with Crippen LogP contribution in [0.15, 0.2) is 35.5 Å². The molecule has 12 atom stereocenters. The number of rotatable bonds is 19. The number of quaternary nitrogens is 3. The van der Waals surface area contributed by atoms with Crippen molar-refractivity contribution in [1.82, 2.24) is 10.6 Å². The van der Waals surface area contributed by atoms with Gasteiger partial charge < -0.3 is 30.5 Å². The van der Waals surface area contributed by atoms with E-state index in [1.807, 2.05) is 13.1 Å². The van der Waals surface area contributed by atoms with Crippen molar-refractivity contribution in [3.63, 3.8) is 0 Å². The van der Waals surface area contributed by atoms with E-state index in [0.29, 0.717) is 55.6 Å². The van der Waals surface area contributed by atoms with Gasteiger partial charge in [-0.25, -0.2) is 10.1 Å². The average Bonchev–Trinajstić information content (AvgIpc) is 3.94. The van der Waals surface area contributed by atoms with E-state index in [9.17, 15) is 5.11 Å². The third kappa shape index (κ3) is 9.75. The number of nitrogens with one attached hydrogen (secondary N) is 3. The number of Topliss-reactive ketones (excluding diaryl/α,β-unsaturated/α-hetero) is 2. The van der Waals surface area contributed by atoms with Crippen molar-refractivity contribution >= 4 is 23.5 Å². The molecule has 0 aromatic carbocycles. The van der Waals surface area contributed by atoms with Gasteiger partial charge in [-0.2, -0.15) is 0 Å². The van der Waals surface area contributed by atoms with Gasteiger partial charge in [0, 0.05) is 50.0 Å². The molecule has 6 aliphatic rings. The Labute approximate surface area is 353 Å². The number of aliphatic hydroxyl groups is 1. The van der Waals surface area contributed by atoms with Crippen LogP contribution in [0, 0.1) is 41.4 Å². The number of allylic oxidation sites excluding steroid dienone is 3. The quantitative estimate of drug-likeness (QED) is 0.0153. The first-order valence-corrected chi connectivity index (χ1v) is 23.3. The summed E-state index contributed by atoms with van der Waals surface area (Å²) >= 11 is 0. The van der Waals surface area contributed by atoms with Crippen molar-refractivity contribution in [2.75, 3.05) is 40.5 Å². The topological polar surface area (TPSA) is 207 Å². The van der Waals surface area contributed by atoms with Crippen LogP contribution >= 0.6 is 0 Å². The third-order valence-electron chi connectivity index (χ3n) is 14.7. The van der Waals surface area contributed by atoms with Crippen molar-refractivity contribution in [2.24, 2.45) is 47.2 Å². The highest BCUT2D eigenvalue weighted by Gasteiger charge is 2.87. The molecule has 4 fully saturated rings. The van der Waals surface area contributed by atoms with Crippen molar-refractivity contribution in [3.8, 4) is 0 Å². The van der Waals surface area contributed by atoms with Gasteiger partial charge in [0.1, 0.15) is 25.0 Å². The third-order valence-corrected chi connectivity index (χ3v) is 14.7. The Morgan fingerprint density at radius 2 is 2.02 bits per heavy atom. The highest BCUT2D eigenvalue weighted by atomic mass is 16.7. The molecular formula is C46H79N7O6+4. The van der Waals surface area contributed by atoms with E-state index in [1.165, 1.54) is 5.57 Å². The van der Waals surface area contributed by atoms with E-state index < -0.39 is 35.1 Å². The molecule has 4 aliphatic carbocycles. The van der Waals surface area contributed by atoms with Crippen LogP contribution in [0.4, 0.5) is 0 Å². The standard InChI is InChI=1S/C46H75N7O6/c1-7-50-37-25-31-13-9-8-12-30(31)24-35(37)38(16-11-21-54)58-43(57)46-42(56)40-33(22-28(2)3)14-10-15-34(40)41(55)45(46,59-46)19-17-29(4)23-36(53-44(47)49-6)32-18-20-51-39(26-32)52-27-48-5/h9,13,17,25,28,30,32-40,48,50-52,54H,7-8,10-12,14-16,18-24,26-27H2,1-6H3,(H3,47,49,53)/p+4. The summed E-state index contributed by atoms with van der Waals surface area (Å²) in [5, 5.41) is 24.0. The van der Waals surface area contributed by atoms with Crippen LogP contribution in [0.3, 0.4) is 0 Å². The number of nitrogens with two attached hydrogens (primary N) is 4. The summed E-state index contributed by atoms with van der Waals surface area (Å²) in [5.41, 5.74) is 5.18. The predicted molar refractivity (Wildman–Crippen MR) is 226 cm³/mol. The molecular weight excluding hydrogens is 747 g/mol. The second-order valence-corrected chi connectivity index (χ2v) is 19.2. The first kappa shape index (κ1) is 45.6. The molecule has 2 saturated carbocycles. The molecule has 59 heavy (non-hydrogen) atoms. The fraction of sp³-hybridized carbons (Fsp3) is 0.783. The van der Waals surface area contributed by atoms with Crippen LogP contribution in [-0.2, 0) is 23.9 Å². The van der Waals surface area contributed by atoms with Crippen LogP contribution in [0.2, 0.25) is 0 Å². The van der Waals surface area contributed by atoms with E-state index in [2.05, 4.69) is 84.5 Å². The number of hydrogen-bond donors (Lipinski definition) is 8. The largest absolute Gasteiger partial charge is 0.459 e. The summed E-state index contributed by atoms with van der Waals surface area (Å²) in [7, 11) is 3.87. The summed E-state index contributed by atoms with van der Waals surface area (Å²) in [6.45, 7) is 11.2. The lowest BCUT2D eigenvalue weighted by molar-refractivity contribution is -0.717. The normalized spacial score (nSPS) is 35.6. The number of likely N-dealkylation sites (N-methyl/N-ethyl adjacent to an activating group) is 1. The fourth-order valence-electron chi connectivity index (χ4n) is 11.8. The van der Waals surface area contributed by atoms with Crippen molar-refractivity contribution in [2.45, 2.75) is 147 Å². The molecule has 12 unspecified atom stereocenters. The van der Waals surface area contributed by atoms with E-state index in [-0.39, 0.29) is 48.5 Å². The number of carbonyl (C=O) groups excluding carboxylic acids is 3. The Morgan fingerprint density at radius 1 is 1.20 bits per heavy atom. The minimum absolute atomic E-state index is 0.00137. The number of piperidine rings is 1. The van der Waals surface area contributed by atoms with Crippen LogP contribution < -0.4 is 37.3 Å². The Bertz CT molecular complexity index is 1610. The van der Waals surface area contributed by atoms with E-state index in [4.69, 9.17) is 15.2 Å². The second kappa shape index (κ2) is 20.3. The van der Waals surface area contributed by atoms with Gasteiger partial charge in [0.2, 0.25) is 0 Å². The second-order valence-electron chi connectivity index (χ2n) is 19.2. The van der Waals surface area contributed by atoms with Crippen LogP contribution in [-0.4, -0.2) is 105 Å². The van der Waals surface area contributed by atoms with Gasteiger partial charge in [-0.3, -0.25) is 25.6 Å². The molecule has 0 radical (unpaired) electrons. The molecule has 13 heteroatoms. The van der Waals surface area contributed by atoms with Crippen LogP contribution in [0.5, 0.6) is 0 Å². The van der Waals surface area contributed by atoms with Gasteiger partial charge in [-0.1, -0.05) is 44.1 Å². The SMILES string of the molecule is CC[NH2+]C1C=C2C=CCCC2CC1C(CCCO)OC(=O)C12OC1(CC=C(C)CC(NC(N)=[NH+]C)C1CC[NH2+]C(NC[NH2+]C)C1)C(=O)C1CCCC(CC(C)C)C1C2=O. The Kier molecular flexibility index (Phi) is 15.7. The molecule has 13 nitrogen and oxygen atoms in total. The summed E-state index contributed by atoms with van der Waals surface area (Å²) in [5.74, 6) is -0.455. The molecule has 0 bridgehead atoms. The Morgan fingerprint density at radius 3 is 2.75 bits per heavy atom. The zero-order valence-electron chi connectivity index (χ0n) is 37.0. The number of fused-ring (bicyclic) bond motifs is 3. The Balaban J connectivity index is 1.30. The van der Waals surface area contributed by atoms with Crippen molar-refractivity contribution in [3.05, 3.63) is 35.5 Å². The number of epoxide rings is 1. The van der Waals surface area contributed by atoms with Gasteiger partial charge in [0.05, 0.1) is 39.1 Å². The molecule has 0 aromatic heterocycles. The maximum Gasteiger partial charge on any atom is 0.350 e. The molecule has 0 spiro atoms. The first-order valence-electron chi connectivity index (χ1n) is 23.3. The van der Waals surface area contributed by atoms with Crippen molar-refractivity contribution in [1.29, 1.82) is 0 Å². The number of ketones is 2. The summed E-state index contributed by atoms with van der Waals surface area (Å²) in [6.07, 6.45) is 18.6. The lowest BCUT2D eigenvalue weighted by atomic mass is 9.57. The van der Waals surface area contributed by atoms with Gasteiger partial charge in [-0.05, 0) is 94.6 Å². The van der Waals surface area contributed by atoms with Gasteiger partial charge in [0.25, 0.3) is 5.60 Å². The zero-order valence-corrected chi connectivity index (χ0v) is 37.0. The average molecular weight is 826 g/mol. The minimum Gasteiger partial charge on any atom is -0.459 e. The van der Waals surface area contributed by atoms with Crippen LogP contribution in [0.25, 0.3) is 0 Å². The number of carbonyl (C=O) groups is 3. The smallest absolute Gasteiger partial charge is 0.350 e. The van der Waals surface area contributed by atoms with E-state index >= 15 is 14.4 Å². The number of ether oxygens (including phenoxy) is 2. The highest BCUT2D eigenvalue weighted by molar-refractivity contribution is 6.23. The zero-order chi connectivity index (χ0) is 42.3. The molecule has 0 aromatic rings. The molecule has 6 rings (SSSR count). The number of esters is 1. The molecule has 0 amide bonds. The number of guanidine groups is 1. The Hall–Kier alpha value is -2.94. The maximum absolute atomic E-state index is 15.2. The molecule has 2 saturated heterocycles. The molecule has 2 aliphatic heterocycles. The summed E-state index contributed by atoms with van der Waals surface area (Å²) < 4.78 is 13.2. The predicted octanol–water partition coefficient (Wildman–Crippen LogP) is -0.977. The maximum atomic E-state index is 15.2. The molecule has 2 heterocycles. The summed E-state index contributed by atoms with van der Waals surface area (Å²) in [4.78, 5) is 48.4. The highest BCUT2D eigenvalue weighted by Crippen LogP contribution is 2.63. The lowest BCUT2D eigenvalue weighted by Gasteiger charge is -2.43. The number of aliphatic hydroxyl groups excluding tert-OH is 1. The summed E-state index contributed by atoms with van der Waals surface area (Å²) in [6, 6.07) is 0.136. The molecule has 12 N–H and O–H groups in total. The van der Waals surface area contributed by atoms with Gasteiger partial charge >= 0.3 is 11.9 Å². The van der Waals surface area contributed by atoms with Gasteiger partial charge in [0.15, 0.2) is 17.2 Å².